The van der Waals surface area contributed by atoms with Gasteiger partial charge in [0.15, 0.2) is 0 Å². The molecule has 0 atom stereocenters. The molecule has 0 saturated heterocycles. The molecule has 1 heterocycles. The van der Waals surface area contributed by atoms with Crippen LogP contribution in [0, 0.1) is 6.42 Å². The van der Waals surface area contributed by atoms with Gasteiger partial charge in [-0.25, -0.2) is 4.79 Å². The standard InChI is InChI=1S/C10H12N3O2/c1-13(10(11)15)9(14)3-2-8-4-6-12-7-5-8/h3-7H,2H2,1H3,(H2,11,15). The molecule has 1 rings (SSSR count). The van der Waals surface area contributed by atoms with Crippen molar-refractivity contribution in [2.75, 3.05) is 7.05 Å². The van der Waals surface area contributed by atoms with Gasteiger partial charge in [0.25, 0.3) is 0 Å². The Bertz CT molecular complexity index is 351. The van der Waals surface area contributed by atoms with Crippen molar-refractivity contribution in [1.29, 1.82) is 0 Å². The summed E-state index contributed by atoms with van der Waals surface area (Å²) in [4.78, 5) is 26.7. The Morgan fingerprint density at radius 2 is 2.07 bits per heavy atom. The van der Waals surface area contributed by atoms with Crippen LogP contribution in [0.25, 0.3) is 0 Å². The number of pyridine rings is 1. The van der Waals surface area contributed by atoms with Gasteiger partial charge in [0.2, 0.25) is 5.91 Å². The summed E-state index contributed by atoms with van der Waals surface area (Å²) in [7, 11) is 1.34. The number of aromatic nitrogens is 1. The van der Waals surface area contributed by atoms with Crippen molar-refractivity contribution in [1.82, 2.24) is 9.88 Å². The number of carbonyl (C=O) groups is 2. The molecule has 15 heavy (non-hydrogen) atoms. The highest BCUT2D eigenvalue weighted by Gasteiger charge is 2.13. The van der Waals surface area contributed by atoms with Gasteiger partial charge in [-0.2, -0.15) is 0 Å². The van der Waals surface area contributed by atoms with E-state index in [1.54, 1.807) is 24.5 Å². The van der Waals surface area contributed by atoms with Gasteiger partial charge in [0.05, 0.1) is 6.42 Å². The average molecular weight is 206 g/mol. The lowest BCUT2D eigenvalue weighted by Gasteiger charge is -2.11. The van der Waals surface area contributed by atoms with Gasteiger partial charge in [0.1, 0.15) is 0 Å². The Hall–Kier alpha value is -1.91. The van der Waals surface area contributed by atoms with E-state index >= 15 is 0 Å². The molecule has 2 N–H and O–H groups in total. The molecule has 0 aliphatic carbocycles. The molecule has 0 fully saturated rings. The van der Waals surface area contributed by atoms with E-state index in [9.17, 15) is 9.59 Å². The first kappa shape index (κ1) is 11.2. The zero-order valence-corrected chi connectivity index (χ0v) is 8.38. The second-order valence-electron chi connectivity index (χ2n) is 3.00. The molecule has 0 aliphatic heterocycles. The minimum Gasteiger partial charge on any atom is -0.351 e. The van der Waals surface area contributed by atoms with Crippen LogP contribution in [0.2, 0.25) is 0 Å². The Labute approximate surface area is 87.9 Å². The fourth-order valence-corrected chi connectivity index (χ4v) is 0.970. The Kier molecular flexibility index (Phi) is 3.79. The summed E-state index contributed by atoms with van der Waals surface area (Å²) in [6, 6.07) is 2.84. The van der Waals surface area contributed by atoms with Crippen LogP contribution < -0.4 is 5.73 Å². The monoisotopic (exact) mass is 206 g/mol. The fraction of sp³-hybridized carbons (Fsp3) is 0.200. The molecule has 3 amide bonds. The van der Waals surface area contributed by atoms with Crippen LogP contribution in [0.1, 0.15) is 5.56 Å². The predicted molar refractivity (Wildman–Crippen MR) is 54.6 cm³/mol. The van der Waals surface area contributed by atoms with Gasteiger partial charge in [-0.3, -0.25) is 14.7 Å². The van der Waals surface area contributed by atoms with Gasteiger partial charge < -0.3 is 5.73 Å². The van der Waals surface area contributed by atoms with Crippen LogP contribution in [-0.2, 0) is 11.2 Å². The van der Waals surface area contributed by atoms with Crippen molar-refractivity contribution >= 4 is 11.9 Å². The third-order valence-corrected chi connectivity index (χ3v) is 1.92. The van der Waals surface area contributed by atoms with E-state index in [4.69, 9.17) is 5.73 Å². The summed E-state index contributed by atoms with van der Waals surface area (Å²) in [5, 5.41) is 0. The van der Waals surface area contributed by atoms with Gasteiger partial charge in [-0.1, -0.05) is 0 Å². The first-order valence-corrected chi connectivity index (χ1v) is 4.40. The molecule has 1 aromatic rings. The summed E-state index contributed by atoms with van der Waals surface area (Å²) in [6.45, 7) is 0. The molecule has 0 unspecified atom stereocenters. The number of hydrogen-bond donors (Lipinski definition) is 1. The number of primary amides is 1. The maximum absolute atomic E-state index is 11.3. The molecule has 5 nitrogen and oxygen atoms in total. The number of amides is 3. The highest BCUT2D eigenvalue weighted by atomic mass is 16.2. The molecule has 0 spiro atoms. The van der Waals surface area contributed by atoms with Crippen LogP contribution in [0.5, 0.6) is 0 Å². The molecule has 0 bridgehead atoms. The molecule has 79 valence electrons. The van der Waals surface area contributed by atoms with Crippen LogP contribution in [0.15, 0.2) is 24.5 Å². The molecule has 1 aromatic heterocycles. The SMILES string of the molecule is CN(C(N)=O)C(=O)[CH]Cc1ccncc1. The largest absolute Gasteiger partial charge is 0.351 e. The predicted octanol–water partition coefficient (Wildman–Crippen LogP) is 0.365. The highest BCUT2D eigenvalue weighted by Crippen LogP contribution is 2.01. The Morgan fingerprint density at radius 3 is 2.60 bits per heavy atom. The van der Waals surface area contributed by atoms with Gasteiger partial charge in [-0.15, -0.1) is 0 Å². The number of nitrogens with two attached hydrogens (primary N) is 1. The second kappa shape index (κ2) is 5.09. The van der Waals surface area contributed by atoms with E-state index in [2.05, 4.69) is 4.98 Å². The summed E-state index contributed by atoms with van der Waals surface area (Å²) in [5.41, 5.74) is 5.90. The van der Waals surface area contributed by atoms with Crippen molar-refractivity contribution in [3.63, 3.8) is 0 Å². The second-order valence-corrected chi connectivity index (χ2v) is 3.00. The number of carbonyl (C=O) groups excluding carboxylic acids is 2. The quantitative estimate of drug-likeness (QED) is 0.776. The Morgan fingerprint density at radius 1 is 1.47 bits per heavy atom. The fourth-order valence-electron chi connectivity index (χ4n) is 0.970. The maximum atomic E-state index is 11.3. The molecular weight excluding hydrogens is 194 g/mol. The lowest BCUT2D eigenvalue weighted by Crippen LogP contribution is -2.37. The number of rotatable bonds is 3. The number of urea groups is 1. The summed E-state index contributed by atoms with van der Waals surface area (Å²) in [6.07, 6.45) is 5.15. The van der Waals surface area contributed by atoms with Gasteiger partial charge in [-0.05, 0) is 24.1 Å². The highest BCUT2D eigenvalue weighted by molar-refractivity contribution is 5.97. The first-order chi connectivity index (χ1) is 7.11. The van der Waals surface area contributed by atoms with Crippen LogP contribution in [-0.4, -0.2) is 28.9 Å². The van der Waals surface area contributed by atoms with E-state index < -0.39 is 11.9 Å². The average Bonchev–Trinajstić information content (AvgIpc) is 2.26. The zero-order valence-electron chi connectivity index (χ0n) is 8.38. The number of hydrogen-bond acceptors (Lipinski definition) is 3. The molecule has 0 aromatic carbocycles. The molecule has 5 heteroatoms. The normalized spacial score (nSPS) is 9.67. The van der Waals surface area contributed by atoms with Crippen molar-refractivity contribution < 1.29 is 9.59 Å². The Balaban J connectivity index is 2.44. The zero-order chi connectivity index (χ0) is 11.3. The third kappa shape index (κ3) is 3.38. The summed E-state index contributed by atoms with van der Waals surface area (Å²) in [5.74, 6) is -0.403. The maximum Gasteiger partial charge on any atom is 0.321 e. The van der Waals surface area contributed by atoms with Crippen molar-refractivity contribution in [2.24, 2.45) is 5.73 Å². The topological polar surface area (TPSA) is 76.3 Å². The minimum atomic E-state index is -0.758. The lowest BCUT2D eigenvalue weighted by molar-refractivity contribution is -0.123. The van der Waals surface area contributed by atoms with Crippen molar-refractivity contribution in [3.8, 4) is 0 Å². The van der Waals surface area contributed by atoms with Crippen molar-refractivity contribution in [3.05, 3.63) is 36.5 Å². The van der Waals surface area contributed by atoms with E-state index in [-0.39, 0.29) is 0 Å². The van der Waals surface area contributed by atoms with Crippen LogP contribution in [0.3, 0.4) is 0 Å². The lowest BCUT2D eigenvalue weighted by atomic mass is 10.1. The molecule has 0 saturated carbocycles. The molecular formula is C10H12N3O2. The third-order valence-electron chi connectivity index (χ3n) is 1.92. The summed E-state index contributed by atoms with van der Waals surface area (Å²) < 4.78 is 0. The van der Waals surface area contributed by atoms with Crippen LogP contribution in [0.4, 0.5) is 4.79 Å². The van der Waals surface area contributed by atoms with Crippen molar-refractivity contribution in [2.45, 2.75) is 6.42 Å². The molecule has 0 aliphatic rings. The van der Waals surface area contributed by atoms with E-state index in [1.165, 1.54) is 13.5 Å². The van der Waals surface area contributed by atoms with E-state index in [1.807, 2.05) is 0 Å². The number of imide groups is 1. The minimum absolute atomic E-state index is 0.403. The van der Waals surface area contributed by atoms with Crippen LogP contribution >= 0.6 is 0 Å². The van der Waals surface area contributed by atoms with Gasteiger partial charge in [0, 0.05) is 19.4 Å². The van der Waals surface area contributed by atoms with E-state index in [0.717, 1.165) is 10.5 Å². The molecule has 1 radical (unpaired) electrons. The first-order valence-electron chi connectivity index (χ1n) is 4.40. The smallest absolute Gasteiger partial charge is 0.321 e. The number of nitrogens with zero attached hydrogens (tertiary/aromatic N) is 2. The van der Waals surface area contributed by atoms with E-state index in [0.29, 0.717) is 6.42 Å². The van der Waals surface area contributed by atoms with Gasteiger partial charge >= 0.3 is 6.03 Å². The summed E-state index contributed by atoms with van der Waals surface area (Å²) >= 11 is 0.